The van der Waals surface area contributed by atoms with E-state index in [-0.39, 0.29) is 11.7 Å². The van der Waals surface area contributed by atoms with E-state index in [2.05, 4.69) is 37.2 Å². The van der Waals surface area contributed by atoms with E-state index in [1.807, 2.05) is 12.1 Å². The van der Waals surface area contributed by atoms with Crippen LogP contribution in [0.3, 0.4) is 0 Å². The second kappa shape index (κ2) is 6.95. The average Bonchev–Trinajstić information content (AvgIpc) is 2.41. The second-order valence-electron chi connectivity index (χ2n) is 4.37. The summed E-state index contributed by atoms with van der Waals surface area (Å²) in [6, 6.07) is 11.8. The van der Waals surface area contributed by atoms with Gasteiger partial charge in [-0.25, -0.2) is 0 Å². The second-order valence-corrected chi connectivity index (χ2v) is 6.14. The molecule has 0 aliphatic carbocycles. The smallest absolute Gasteiger partial charge is 0.265 e. The Labute approximate surface area is 139 Å². The number of hydrogen-bond acceptors (Lipinski definition) is 3. The molecule has 0 heterocycles. The minimum atomic E-state index is -0.676. The Bertz CT molecular complexity index is 661. The third kappa shape index (κ3) is 4.47. The maximum absolute atomic E-state index is 12.1. The molecule has 2 aromatic rings. The number of aromatic hydroxyl groups is 1. The van der Waals surface area contributed by atoms with E-state index in [0.717, 1.165) is 8.95 Å². The van der Waals surface area contributed by atoms with E-state index in [0.29, 0.717) is 11.4 Å². The molecular formula is C15H13Br2NO3. The number of hydrogen-bond donors (Lipinski definition) is 2. The van der Waals surface area contributed by atoms with Crippen molar-refractivity contribution in [1.29, 1.82) is 0 Å². The Hall–Kier alpha value is -1.53. The molecule has 1 atom stereocenters. The Balaban J connectivity index is 2.02. The molecule has 2 N–H and O–H groups in total. The summed E-state index contributed by atoms with van der Waals surface area (Å²) in [6.07, 6.45) is -0.676. The van der Waals surface area contributed by atoms with Crippen LogP contribution in [0.4, 0.5) is 5.69 Å². The van der Waals surface area contributed by atoms with Gasteiger partial charge in [-0.3, -0.25) is 4.79 Å². The molecule has 0 saturated carbocycles. The summed E-state index contributed by atoms with van der Waals surface area (Å²) in [6.45, 7) is 1.66. The number of benzene rings is 2. The van der Waals surface area contributed by atoms with Crippen LogP contribution >= 0.6 is 31.9 Å². The molecule has 4 nitrogen and oxygen atoms in total. The SMILES string of the molecule is CC(Oc1ccc(Br)cc1Br)C(=O)Nc1cccc(O)c1. The third-order valence-electron chi connectivity index (χ3n) is 2.68. The van der Waals surface area contributed by atoms with Gasteiger partial charge in [0.1, 0.15) is 11.5 Å². The zero-order chi connectivity index (χ0) is 15.4. The van der Waals surface area contributed by atoms with Gasteiger partial charge in [0.05, 0.1) is 4.47 Å². The van der Waals surface area contributed by atoms with Crippen molar-refractivity contribution < 1.29 is 14.6 Å². The summed E-state index contributed by atoms with van der Waals surface area (Å²) in [5, 5.41) is 12.1. The first-order chi connectivity index (χ1) is 9.95. The molecule has 0 aliphatic rings. The van der Waals surface area contributed by atoms with Gasteiger partial charge in [-0.15, -0.1) is 0 Å². The normalized spacial score (nSPS) is 11.8. The van der Waals surface area contributed by atoms with Gasteiger partial charge in [-0.05, 0) is 53.2 Å². The standard InChI is InChI=1S/C15H13Br2NO3/c1-9(21-14-6-5-10(16)7-13(14)17)15(20)18-11-3-2-4-12(19)8-11/h2-9,19H,1H3,(H,18,20). The van der Waals surface area contributed by atoms with Crippen molar-refractivity contribution >= 4 is 43.5 Å². The van der Waals surface area contributed by atoms with E-state index < -0.39 is 6.10 Å². The number of anilines is 1. The molecule has 0 saturated heterocycles. The van der Waals surface area contributed by atoms with Crippen molar-refractivity contribution in [3.8, 4) is 11.5 Å². The lowest BCUT2D eigenvalue weighted by molar-refractivity contribution is -0.122. The summed E-state index contributed by atoms with van der Waals surface area (Å²) in [4.78, 5) is 12.1. The zero-order valence-corrected chi connectivity index (χ0v) is 14.3. The summed E-state index contributed by atoms with van der Waals surface area (Å²) in [5.74, 6) is 0.379. The van der Waals surface area contributed by atoms with Crippen LogP contribution in [0.25, 0.3) is 0 Å². The van der Waals surface area contributed by atoms with Crippen LogP contribution in [0.1, 0.15) is 6.92 Å². The van der Waals surface area contributed by atoms with Gasteiger partial charge >= 0.3 is 0 Å². The minimum absolute atomic E-state index is 0.0945. The van der Waals surface area contributed by atoms with E-state index >= 15 is 0 Å². The molecule has 2 rings (SSSR count). The van der Waals surface area contributed by atoms with Crippen molar-refractivity contribution in [2.45, 2.75) is 13.0 Å². The largest absolute Gasteiger partial charge is 0.508 e. The van der Waals surface area contributed by atoms with Gasteiger partial charge < -0.3 is 15.2 Å². The van der Waals surface area contributed by atoms with Crippen LogP contribution < -0.4 is 10.1 Å². The number of carbonyl (C=O) groups excluding carboxylic acids is 1. The maximum atomic E-state index is 12.1. The average molecular weight is 415 g/mol. The van der Waals surface area contributed by atoms with Crippen molar-refractivity contribution in [3.63, 3.8) is 0 Å². The number of nitrogens with one attached hydrogen (secondary N) is 1. The Kier molecular flexibility index (Phi) is 5.25. The van der Waals surface area contributed by atoms with E-state index in [9.17, 15) is 9.90 Å². The first-order valence-corrected chi connectivity index (χ1v) is 7.76. The number of phenols is 1. The van der Waals surface area contributed by atoms with Crippen LogP contribution in [0.2, 0.25) is 0 Å². The predicted octanol–water partition coefficient (Wildman–Crippen LogP) is 4.32. The number of rotatable bonds is 4. The number of halogens is 2. The van der Waals surface area contributed by atoms with Crippen LogP contribution in [0.15, 0.2) is 51.4 Å². The van der Waals surface area contributed by atoms with Gasteiger partial charge in [0.15, 0.2) is 6.10 Å². The molecule has 0 aliphatic heterocycles. The van der Waals surface area contributed by atoms with Crippen LogP contribution in [0.5, 0.6) is 11.5 Å². The maximum Gasteiger partial charge on any atom is 0.265 e. The molecular weight excluding hydrogens is 402 g/mol. The Morgan fingerprint density at radius 2 is 2.00 bits per heavy atom. The summed E-state index contributed by atoms with van der Waals surface area (Å²) < 4.78 is 7.30. The fourth-order valence-electron chi connectivity index (χ4n) is 1.64. The molecule has 1 amide bonds. The van der Waals surface area contributed by atoms with Gasteiger partial charge in [0.2, 0.25) is 0 Å². The molecule has 21 heavy (non-hydrogen) atoms. The van der Waals surface area contributed by atoms with Crippen LogP contribution in [-0.2, 0) is 4.79 Å². The highest BCUT2D eigenvalue weighted by Gasteiger charge is 2.16. The number of carbonyl (C=O) groups is 1. The summed E-state index contributed by atoms with van der Waals surface area (Å²) in [7, 11) is 0. The molecule has 0 bridgehead atoms. The highest BCUT2D eigenvalue weighted by molar-refractivity contribution is 9.11. The molecule has 1 unspecified atom stereocenters. The molecule has 6 heteroatoms. The van der Waals surface area contributed by atoms with Crippen LogP contribution in [0, 0.1) is 0 Å². The van der Waals surface area contributed by atoms with Crippen molar-refractivity contribution in [3.05, 3.63) is 51.4 Å². The summed E-state index contributed by atoms with van der Waals surface area (Å²) in [5.41, 5.74) is 0.519. The lowest BCUT2D eigenvalue weighted by Crippen LogP contribution is -2.30. The Morgan fingerprint density at radius 1 is 1.24 bits per heavy atom. The first-order valence-electron chi connectivity index (χ1n) is 6.17. The fraction of sp³-hybridized carbons (Fsp3) is 0.133. The monoisotopic (exact) mass is 413 g/mol. The third-order valence-corrected chi connectivity index (χ3v) is 3.79. The fourth-order valence-corrected chi connectivity index (χ4v) is 2.78. The minimum Gasteiger partial charge on any atom is -0.508 e. The molecule has 0 fully saturated rings. The number of amides is 1. The predicted molar refractivity (Wildman–Crippen MR) is 88.7 cm³/mol. The highest BCUT2D eigenvalue weighted by Crippen LogP contribution is 2.29. The van der Waals surface area contributed by atoms with Gasteiger partial charge in [0, 0.05) is 16.2 Å². The van der Waals surface area contributed by atoms with E-state index in [4.69, 9.17) is 4.74 Å². The summed E-state index contributed by atoms with van der Waals surface area (Å²) >= 11 is 6.74. The Morgan fingerprint density at radius 3 is 2.67 bits per heavy atom. The zero-order valence-electron chi connectivity index (χ0n) is 11.1. The number of phenolic OH excluding ortho intramolecular Hbond substituents is 1. The molecule has 110 valence electrons. The van der Waals surface area contributed by atoms with Crippen molar-refractivity contribution in [2.75, 3.05) is 5.32 Å². The molecule has 2 aromatic carbocycles. The quantitative estimate of drug-likeness (QED) is 0.782. The van der Waals surface area contributed by atoms with Gasteiger partial charge in [-0.1, -0.05) is 22.0 Å². The van der Waals surface area contributed by atoms with Gasteiger partial charge in [-0.2, -0.15) is 0 Å². The topological polar surface area (TPSA) is 58.6 Å². The molecule has 0 radical (unpaired) electrons. The van der Waals surface area contributed by atoms with Crippen LogP contribution in [-0.4, -0.2) is 17.1 Å². The lowest BCUT2D eigenvalue weighted by atomic mass is 10.2. The van der Waals surface area contributed by atoms with E-state index in [1.165, 1.54) is 12.1 Å². The molecule has 0 aromatic heterocycles. The lowest BCUT2D eigenvalue weighted by Gasteiger charge is -2.16. The first kappa shape index (κ1) is 15.9. The van der Waals surface area contributed by atoms with Gasteiger partial charge in [0.25, 0.3) is 5.91 Å². The van der Waals surface area contributed by atoms with Crippen molar-refractivity contribution in [2.24, 2.45) is 0 Å². The van der Waals surface area contributed by atoms with E-state index in [1.54, 1.807) is 25.1 Å². The molecule has 0 spiro atoms. The number of ether oxygens (including phenoxy) is 1. The highest BCUT2D eigenvalue weighted by atomic mass is 79.9. The van der Waals surface area contributed by atoms with Crippen molar-refractivity contribution in [1.82, 2.24) is 0 Å².